The first-order valence-corrected chi connectivity index (χ1v) is 9.44. The normalized spacial score (nSPS) is 15.4. The Bertz CT molecular complexity index is 778. The average molecular weight is 352 g/mol. The molecular formula is C21H28N4O. The molecule has 26 heavy (non-hydrogen) atoms. The molecule has 0 aromatic heterocycles. The molecule has 0 atom stereocenters. The van der Waals surface area contributed by atoms with Crippen LogP contribution in [0.2, 0.25) is 0 Å². The molecule has 0 bridgehead atoms. The van der Waals surface area contributed by atoms with Crippen molar-refractivity contribution in [2.24, 2.45) is 4.99 Å². The number of hydrogen-bond acceptors (Lipinski definition) is 2. The molecule has 3 rings (SSSR count). The highest BCUT2D eigenvalue weighted by atomic mass is 16.2. The van der Waals surface area contributed by atoms with E-state index in [1.165, 1.54) is 16.3 Å². The first-order chi connectivity index (χ1) is 12.7. The highest BCUT2D eigenvalue weighted by Crippen LogP contribution is 2.16. The zero-order chi connectivity index (χ0) is 18.4. The molecule has 5 heteroatoms. The van der Waals surface area contributed by atoms with Gasteiger partial charge in [-0.2, -0.15) is 0 Å². The number of aliphatic imine (C=N–C) groups is 1. The maximum absolute atomic E-state index is 11.5. The van der Waals surface area contributed by atoms with E-state index in [2.05, 4.69) is 59.6 Å². The van der Waals surface area contributed by atoms with Gasteiger partial charge in [0.25, 0.3) is 0 Å². The van der Waals surface area contributed by atoms with Crippen LogP contribution >= 0.6 is 0 Å². The lowest BCUT2D eigenvalue weighted by molar-refractivity contribution is -0.130. The fourth-order valence-electron chi connectivity index (χ4n) is 3.34. The highest BCUT2D eigenvalue weighted by Gasteiger charge is 2.20. The molecule has 1 saturated heterocycles. The number of amides is 1. The number of hydrogen-bond donors (Lipinski definition) is 1. The molecule has 0 saturated carbocycles. The monoisotopic (exact) mass is 352 g/mol. The molecule has 0 radical (unpaired) electrons. The number of nitrogens with zero attached hydrogens (tertiary/aromatic N) is 3. The molecule has 1 amide bonds. The predicted molar refractivity (Wildman–Crippen MR) is 107 cm³/mol. The van der Waals surface area contributed by atoms with E-state index in [1.54, 1.807) is 6.92 Å². The summed E-state index contributed by atoms with van der Waals surface area (Å²) >= 11 is 0. The number of guanidine groups is 1. The fraction of sp³-hybridized carbons (Fsp3) is 0.429. The van der Waals surface area contributed by atoms with Crippen LogP contribution in [-0.2, 0) is 11.2 Å². The number of rotatable bonds is 4. The number of fused-ring (bicyclic) bond motifs is 1. The Labute approximate surface area is 155 Å². The van der Waals surface area contributed by atoms with E-state index in [0.717, 1.165) is 51.6 Å². The van der Waals surface area contributed by atoms with Crippen molar-refractivity contribution in [3.63, 3.8) is 0 Å². The van der Waals surface area contributed by atoms with Gasteiger partial charge in [-0.25, -0.2) is 0 Å². The Morgan fingerprint density at radius 2 is 1.73 bits per heavy atom. The van der Waals surface area contributed by atoms with Gasteiger partial charge in [-0.1, -0.05) is 42.5 Å². The first-order valence-electron chi connectivity index (χ1n) is 9.44. The summed E-state index contributed by atoms with van der Waals surface area (Å²) < 4.78 is 0. The Morgan fingerprint density at radius 3 is 2.42 bits per heavy atom. The summed E-state index contributed by atoms with van der Waals surface area (Å²) in [6.07, 6.45) is 0.924. The molecule has 1 aliphatic heterocycles. The van der Waals surface area contributed by atoms with Gasteiger partial charge in [0.05, 0.1) is 0 Å². The fourth-order valence-corrected chi connectivity index (χ4v) is 3.34. The summed E-state index contributed by atoms with van der Waals surface area (Å²) in [5.41, 5.74) is 1.31. The summed E-state index contributed by atoms with van der Waals surface area (Å²) in [7, 11) is 0. The maximum atomic E-state index is 11.5. The minimum Gasteiger partial charge on any atom is -0.357 e. The summed E-state index contributed by atoms with van der Waals surface area (Å²) in [5, 5.41) is 5.94. The highest BCUT2D eigenvalue weighted by molar-refractivity contribution is 5.83. The van der Waals surface area contributed by atoms with Crippen LogP contribution in [0.1, 0.15) is 19.4 Å². The number of nitrogens with one attached hydrogen (secondary N) is 1. The van der Waals surface area contributed by atoms with Gasteiger partial charge in [0.15, 0.2) is 5.96 Å². The third-order valence-corrected chi connectivity index (χ3v) is 4.84. The van der Waals surface area contributed by atoms with Gasteiger partial charge in [-0.3, -0.25) is 9.79 Å². The molecule has 1 N–H and O–H groups in total. The molecule has 0 unspecified atom stereocenters. The van der Waals surface area contributed by atoms with Gasteiger partial charge in [-0.15, -0.1) is 0 Å². The number of carbonyl (C=O) groups excluding carboxylic acids is 1. The van der Waals surface area contributed by atoms with Crippen molar-refractivity contribution in [3.8, 4) is 0 Å². The molecule has 0 aliphatic carbocycles. The molecule has 1 aliphatic rings. The second kappa shape index (κ2) is 8.70. The van der Waals surface area contributed by atoms with Crippen molar-refractivity contribution >= 4 is 22.6 Å². The second-order valence-electron chi connectivity index (χ2n) is 6.66. The minimum absolute atomic E-state index is 0.155. The number of carbonyl (C=O) groups is 1. The number of benzene rings is 2. The minimum atomic E-state index is 0.155. The zero-order valence-electron chi connectivity index (χ0n) is 15.7. The van der Waals surface area contributed by atoms with Crippen molar-refractivity contribution in [1.82, 2.24) is 15.1 Å². The molecule has 0 spiro atoms. The summed E-state index contributed by atoms with van der Waals surface area (Å²) in [6, 6.07) is 15.1. The van der Waals surface area contributed by atoms with E-state index in [4.69, 9.17) is 4.99 Å². The standard InChI is InChI=1S/C21H28N4O/c1-3-22-21(25-14-12-24(13-15-25)17(2)26)23-11-10-18-8-9-19-6-4-5-7-20(19)16-18/h4-9,16H,3,10-15H2,1-2H3,(H,22,23). The van der Waals surface area contributed by atoms with Gasteiger partial charge in [-0.05, 0) is 29.7 Å². The van der Waals surface area contributed by atoms with Crippen LogP contribution < -0.4 is 5.32 Å². The van der Waals surface area contributed by atoms with Crippen molar-refractivity contribution in [3.05, 3.63) is 48.0 Å². The van der Waals surface area contributed by atoms with E-state index < -0.39 is 0 Å². The van der Waals surface area contributed by atoms with Gasteiger partial charge >= 0.3 is 0 Å². The predicted octanol–water partition coefficient (Wildman–Crippen LogP) is 2.51. The van der Waals surface area contributed by atoms with Gasteiger partial charge in [0, 0.05) is 46.2 Å². The van der Waals surface area contributed by atoms with Crippen molar-refractivity contribution in [2.45, 2.75) is 20.3 Å². The van der Waals surface area contributed by atoms with Crippen molar-refractivity contribution in [2.75, 3.05) is 39.3 Å². The van der Waals surface area contributed by atoms with Crippen LogP contribution in [-0.4, -0.2) is 60.9 Å². The van der Waals surface area contributed by atoms with E-state index in [1.807, 2.05) is 4.90 Å². The molecule has 1 heterocycles. The van der Waals surface area contributed by atoms with E-state index in [0.29, 0.717) is 0 Å². The van der Waals surface area contributed by atoms with Crippen molar-refractivity contribution < 1.29 is 4.79 Å². The molecule has 5 nitrogen and oxygen atoms in total. The average Bonchev–Trinajstić information content (AvgIpc) is 2.67. The van der Waals surface area contributed by atoms with Crippen LogP contribution in [0, 0.1) is 0 Å². The summed E-state index contributed by atoms with van der Waals surface area (Å²) in [5.74, 6) is 1.11. The largest absolute Gasteiger partial charge is 0.357 e. The lowest BCUT2D eigenvalue weighted by atomic mass is 10.1. The van der Waals surface area contributed by atoms with Crippen LogP contribution in [0.5, 0.6) is 0 Å². The Morgan fingerprint density at radius 1 is 1.04 bits per heavy atom. The maximum Gasteiger partial charge on any atom is 0.219 e. The van der Waals surface area contributed by atoms with E-state index in [-0.39, 0.29) is 5.91 Å². The van der Waals surface area contributed by atoms with Gasteiger partial charge in [0.1, 0.15) is 0 Å². The quantitative estimate of drug-likeness (QED) is 0.679. The zero-order valence-corrected chi connectivity index (χ0v) is 15.7. The summed E-state index contributed by atoms with van der Waals surface area (Å²) in [6.45, 7) is 8.54. The second-order valence-corrected chi connectivity index (χ2v) is 6.66. The Kier molecular flexibility index (Phi) is 6.10. The van der Waals surface area contributed by atoms with Gasteiger partial charge < -0.3 is 15.1 Å². The van der Waals surface area contributed by atoms with Crippen LogP contribution in [0.4, 0.5) is 0 Å². The molecule has 2 aromatic carbocycles. The number of piperazine rings is 1. The van der Waals surface area contributed by atoms with Crippen LogP contribution in [0.3, 0.4) is 0 Å². The van der Waals surface area contributed by atoms with E-state index >= 15 is 0 Å². The third-order valence-electron chi connectivity index (χ3n) is 4.84. The third kappa shape index (κ3) is 4.54. The topological polar surface area (TPSA) is 47.9 Å². The molecule has 138 valence electrons. The summed E-state index contributed by atoms with van der Waals surface area (Å²) in [4.78, 5) is 20.4. The van der Waals surface area contributed by atoms with Gasteiger partial charge in [0.2, 0.25) is 5.91 Å². The Balaban J connectivity index is 1.61. The Hall–Kier alpha value is -2.56. The van der Waals surface area contributed by atoms with Crippen LogP contribution in [0.25, 0.3) is 10.8 Å². The van der Waals surface area contributed by atoms with E-state index in [9.17, 15) is 4.79 Å². The molecular weight excluding hydrogens is 324 g/mol. The lowest BCUT2D eigenvalue weighted by Crippen LogP contribution is -2.53. The first kappa shape index (κ1) is 18.2. The van der Waals surface area contributed by atoms with Crippen LogP contribution in [0.15, 0.2) is 47.5 Å². The van der Waals surface area contributed by atoms with Crippen molar-refractivity contribution in [1.29, 1.82) is 0 Å². The SMILES string of the molecule is CCNC(=NCCc1ccc2ccccc2c1)N1CCN(C(C)=O)CC1. The molecule has 2 aromatic rings. The lowest BCUT2D eigenvalue weighted by Gasteiger charge is -2.36. The smallest absolute Gasteiger partial charge is 0.219 e. The molecule has 1 fully saturated rings.